The number of benzene rings is 1. The molecule has 0 bridgehead atoms. The Morgan fingerprint density at radius 3 is 1.79 bits per heavy atom. The lowest BCUT2D eigenvalue weighted by atomic mass is 10.2. The molecule has 0 atom stereocenters. The number of rotatable bonds is 1. The molecule has 0 aliphatic carbocycles. The molecule has 0 saturated heterocycles. The fourth-order valence-corrected chi connectivity index (χ4v) is 1.88. The summed E-state index contributed by atoms with van der Waals surface area (Å²) in [5, 5.41) is 0.463. The molecule has 14 heavy (non-hydrogen) atoms. The molecule has 0 radical (unpaired) electrons. The summed E-state index contributed by atoms with van der Waals surface area (Å²) in [4.78, 5) is 0. The smallest absolute Gasteiger partial charge is 0.319 e. The minimum atomic E-state index is -4.33. The van der Waals surface area contributed by atoms with Gasteiger partial charge in [0.2, 0.25) is 0 Å². The van der Waals surface area contributed by atoms with Gasteiger partial charge in [0.25, 0.3) is 0 Å². The van der Waals surface area contributed by atoms with E-state index in [0.717, 1.165) is 12.1 Å². The average molecular weight is 222 g/mol. The van der Waals surface area contributed by atoms with Crippen molar-refractivity contribution in [3.05, 3.63) is 29.8 Å². The highest BCUT2D eigenvalue weighted by atomic mass is 31.2. The summed E-state index contributed by atoms with van der Waals surface area (Å²) >= 11 is 0. The molecule has 1 aromatic carbocycles. The molecule has 0 aromatic heterocycles. The van der Waals surface area contributed by atoms with E-state index < -0.39 is 18.9 Å². The van der Waals surface area contributed by atoms with Gasteiger partial charge in [-0.3, -0.25) is 0 Å². The van der Waals surface area contributed by atoms with E-state index in [-0.39, 0.29) is 0 Å². The third kappa shape index (κ3) is 2.61. The molecular weight excluding hydrogens is 212 g/mol. The van der Waals surface area contributed by atoms with Crippen LogP contribution in [-0.2, 0) is 10.7 Å². The van der Waals surface area contributed by atoms with Crippen molar-refractivity contribution >= 4 is 12.4 Å². The van der Waals surface area contributed by atoms with Gasteiger partial charge in [0.05, 0.1) is 5.56 Å². The quantitative estimate of drug-likeness (QED) is 0.667. The minimum absolute atomic E-state index is 0.463. The molecule has 1 nitrogen and oxygen atoms in total. The van der Waals surface area contributed by atoms with Crippen molar-refractivity contribution in [3.8, 4) is 0 Å². The van der Waals surface area contributed by atoms with Gasteiger partial charge in [-0.1, -0.05) is 12.1 Å². The predicted molar refractivity (Wildman–Crippen MR) is 50.5 cm³/mol. The molecule has 0 amide bonds. The highest BCUT2D eigenvalue weighted by Gasteiger charge is 2.30. The van der Waals surface area contributed by atoms with Crippen molar-refractivity contribution in [3.63, 3.8) is 0 Å². The van der Waals surface area contributed by atoms with Gasteiger partial charge in [-0.2, -0.15) is 13.2 Å². The summed E-state index contributed by atoms with van der Waals surface area (Å²) in [6.45, 7) is 3.05. The Kier molecular flexibility index (Phi) is 2.77. The Hall–Kier alpha value is -0.760. The van der Waals surface area contributed by atoms with Crippen LogP contribution in [0.25, 0.3) is 0 Å². The van der Waals surface area contributed by atoms with Crippen LogP contribution in [0.3, 0.4) is 0 Å². The van der Waals surface area contributed by atoms with Crippen molar-refractivity contribution in [1.29, 1.82) is 0 Å². The van der Waals surface area contributed by atoms with Gasteiger partial charge in [0.1, 0.15) is 7.14 Å². The molecule has 0 heterocycles. The second-order valence-electron chi connectivity index (χ2n) is 3.40. The highest BCUT2D eigenvalue weighted by Crippen LogP contribution is 2.36. The summed E-state index contributed by atoms with van der Waals surface area (Å²) in [5.74, 6) is 0. The van der Waals surface area contributed by atoms with Gasteiger partial charge in [0, 0.05) is 5.30 Å². The fourth-order valence-electron chi connectivity index (χ4n) is 1.01. The SMILES string of the molecule is CP(C)(=O)c1ccc(C(F)(F)F)cc1. The highest BCUT2D eigenvalue weighted by molar-refractivity contribution is 7.70. The normalized spacial score (nSPS) is 12.9. The molecule has 0 unspecified atom stereocenters. The second kappa shape index (κ2) is 3.43. The number of halogens is 3. The summed E-state index contributed by atoms with van der Waals surface area (Å²) in [5.41, 5.74) is -0.713. The fraction of sp³-hybridized carbons (Fsp3) is 0.333. The predicted octanol–water partition coefficient (Wildman–Crippen LogP) is 2.95. The maximum absolute atomic E-state index is 12.1. The van der Waals surface area contributed by atoms with Crippen molar-refractivity contribution < 1.29 is 17.7 Å². The standard InChI is InChI=1S/C9H10F3OP/c1-14(2,13)8-5-3-7(4-6-8)9(10,11)12/h3-6H,1-2H3. The largest absolute Gasteiger partial charge is 0.416 e. The van der Waals surface area contributed by atoms with Gasteiger partial charge < -0.3 is 4.57 Å². The Morgan fingerprint density at radius 1 is 1.07 bits per heavy atom. The van der Waals surface area contributed by atoms with E-state index in [1.54, 1.807) is 0 Å². The van der Waals surface area contributed by atoms with Gasteiger partial charge >= 0.3 is 6.18 Å². The van der Waals surface area contributed by atoms with Crippen molar-refractivity contribution in [2.75, 3.05) is 13.3 Å². The van der Waals surface area contributed by atoms with Gasteiger partial charge in [-0.15, -0.1) is 0 Å². The van der Waals surface area contributed by atoms with Gasteiger partial charge in [-0.25, -0.2) is 0 Å². The summed E-state index contributed by atoms with van der Waals surface area (Å²) in [6, 6.07) is 4.44. The van der Waals surface area contributed by atoms with Gasteiger partial charge in [0.15, 0.2) is 0 Å². The first-order chi connectivity index (χ1) is 6.21. The molecule has 78 valence electrons. The number of hydrogen-bond acceptors (Lipinski definition) is 1. The lowest BCUT2D eigenvalue weighted by molar-refractivity contribution is -0.137. The van der Waals surface area contributed by atoms with Crippen LogP contribution in [0.1, 0.15) is 5.56 Å². The Labute approximate surface area is 80.3 Å². The van der Waals surface area contributed by atoms with E-state index >= 15 is 0 Å². The molecule has 0 saturated carbocycles. The van der Waals surface area contributed by atoms with Crippen LogP contribution in [0.15, 0.2) is 24.3 Å². The van der Waals surface area contributed by atoms with E-state index in [1.165, 1.54) is 25.5 Å². The zero-order chi connectivity index (χ0) is 11.0. The maximum atomic E-state index is 12.1. The van der Waals surface area contributed by atoms with Crippen molar-refractivity contribution in [2.45, 2.75) is 6.18 Å². The Morgan fingerprint density at radius 2 is 1.50 bits per heavy atom. The summed E-state index contributed by atoms with van der Waals surface area (Å²) in [7, 11) is -2.46. The lowest BCUT2D eigenvalue weighted by Gasteiger charge is -2.09. The second-order valence-corrected chi connectivity index (χ2v) is 6.61. The molecule has 0 fully saturated rings. The minimum Gasteiger partial charge on any atom is -0.319 e. The molecule has 0 aliphatic heterocycles. The zero-order valence-corrected chi connectivity index (χ0v) is 8.69. The molecule has 0 aliphatic rings. The first kappa shape index (κ1) is 11.3. The molecule has 5 heteroatoms. The lowest BCUT2D eigenvalue weighted by Crippen LogP contribution is -2.08. The van der Waals surface area contributed by atoms with Crippen LogP contribution in [0.5, 0.6) is 0 Å². The average Bonchev–Trinajstić information content (AvgIpc) is 2.01. The van der Waals surface area contributed by atoms with E-state index in [1.807, 2.05) is 0 Å². The van der Waals surface area contributed by atoms with E-state index in [2.05, 4.69) is 0 Å². The summed E-state index contributed by atoms with van der Waals surface area (Å²) in [6.07, 6.45) is -4.33. The van der Waals surface area contributed by atoms with Crippen LogP contribution < -0.4 is 5.30 Å². The first-order valence-electron chi connectivity index (χ1n) is 3.94. The zero-order valence-electron chi connectivity index (χ0n) is 7.80. The monoisotopic (exact) mass is 222 g/mol. The number of alkyl halides is 3. The third-order valence-corrected chi connectivity index (χ3v) is 3.36. The van der Waals surface area contributed by atoms with Crippen LogP contribution in [-0.4, -0.2) is 13.3 Å². The molecular formula is C9H10F3OP. The van der Waals surface area contributed by atoms with E-state index in [4.69, 9.17) is 0 Å². The van der Waals surface area contributed by atoms with Crippen molar-refractivity contribution in [1.82, 2.24) is 0 Å². The van der Waals surface area contributed by atoms with Crippen LogP contribution in [0.2, 0.25) is 0 Å². The van der Waals surface area contributed by atoms with Crippen molar-refractivity contribution in [2.24, 2.45) is 0 Å². The molecule has 1 aromatic rings. The molecule has 1 rings (SSSR count). The third-order valence-electron chi connectivity index (χ3n) is 1.82. The Balaban J connectivity index is 3.08. The van der Waals surface area contributed by atoms with E-state index in [0.29, 0.717) is 5.30 Å². The number of hydrogen-bond donors (Lipinski definition) is 0. The van der Waals surface area contributed by atoms with E-state index in [9.17, 15) is 17.7 Å². The van der Waals surface area contributed by atoms with Gasteiger partial charge in [-0.05, 0) is 25.5 Å². The van der Waals surface area contributed by atoms with Crippen LogP contribution >= 0.6 is 7.14 Å². The summed E-state index contributed by atoms with van der Waals surface area (Å²) < 4.78 is 47.9. The first-order valence-corrected chi connectivity index (χ1v) is 6.54. The van der Waals surface area contributed by atoms with Crippen LogP contribution in [0.4, 0.5) is 13.2 Å². The maximum Gasteiger partial charge on any atom is 0.416 e. The topological polar surface area (TPSA) is 17.1 Å². The molecule has 0 spiro atoms. The Bertz CT molecular complexity index is 361. The molecule has 0 N–H and O–H groups in total. The van der Waals surface area contributed by atoms with Crippen LogP contribution in [0, 0.1) is 0 Å².